The molecule has 96 valence electrons. The highest BCUT2D eigenvalue weighted by molar-refractivity contribution is 7.10. The zero-order valence-corrected chi connectivity index (χ0v) is 11.1. The Bertz CT molecular complexity index is 465. The maximum Gasteiger partial charge on any atom is 0.157 e. The highest BCUT2D eigenvalue weighted by Gasteiger charge is 2.27. The first-order valence-corrected chi connectivity index (χ1v) is 7.18. The zero-order chi connectivity index (χ0) is 12.5. The molecule has 5 nitrogen and oxygen atoms in total. The average molecular weight is 263 g/mol. The van der Waals surface area contributed by atoms with Crippen molar-refractivity contribution in [3.63, 3.8) is 0 Å². The van der Waals surface area contributed by atoms with Crippen molar-refractivity contribution >= 4 is 22.4 Å². The molecule has 0 amide bonds. The molecule has 0 aromatic carbocycles. The van der Waals surface area contributed by atoms with Crippen LogP contribution in [-0.4, -0.2) is 42.0 Å². The van der Waals surface area contributed by atoms with Crippen LogP contribution in [0.2, 0.25) is 0 Å². The number of hydrogen-bond acceptors (Lipinski definition) is 6. The minimum atomic E-state index is 0.373. The number of piperazine rings is 1. The topological polar surface area (TPSA) is 69.2 Å². The van der Waals surface area contributed by atoms with Gasteiger partial charge in [-0.15, -0.1) is 0 Å². The molecule has 0 spiro atoms. The smallest absolute Gasteiger partial charge is 0.157 e. The van der Waals surface area contributed by atoms with Gasteiger partial charge in [-0.25, -0.2) is 0 Å². The Labute approximate surface area is 111 Å². The Morgan fingerprint density at radius 3 is 2.67 bits per heavy atom. The summed E-state index contributed by atoms with van der Waals surface area (Å²) in [4.78, 5) is 4.78. The highest BCUT2D eigenvalue weighted by atomic mass is 32.1. The van der Waals surface area contributed by atoms with E-state index in [1.165, 1.54) is 30.9 Å². The molecule has 0 unspecified atom stereocenters. The number of nitrogen functional groups attached to an aromatic ring is 1. The minimum Gasteiger partial charge on any atom is -0.382 e. The standard InChI is InChI=1S/C12H17N5S/c13-7-10-11(14)15-18-12(10)17-5-3-16(4-6-17)8-9-1-2-9/h9H,1-6,8H2,(H2,14,15). The summed E-state index contributed by atoms with van der Waals surface area (Å²) in [6.07, 6.45) is 2.81. The van der Waals surface area contributed by atoms with Crippen molar-refractivity contribution < 1.29 is 0 Å². The van der Waals surface area contributed by atoms with Crippen LogP contribution in [0, 0.1) is 17.2 Å². The number of aromatic nitrogens is 1. The second-order valence-electron chi connectivity index (χ2n) is 5.09. The van der Waals surface area contributed by atoms with Crippen molar-refractivity contribution in [2.45, 2.75) is 12.8 Å². The number of rotatable bonds is 3. The Morgan fingerprint density at radius 2 is 2.06 bits per heavy atom. The first-order chi connectivity index (χ1) is 8.78. The predicted octanol–water partition coefficient (Wildman–Crippen LogP) is 1.13. The quantitative estimate of drug-likeness (QED) is 0.885. The molecule has 2 aliphatic rings. The number of hydrogen-bond donors (Lipinski definition) is 1. The highest BCUT2D eigenvalue weighted by Crippen LogP contribution is 2.32. The monoisotopic (exact) mass is 263 g/mol. The third-order valence-corrected chi connectivity index (χ3v) is 4.61. The normalized spacial score (nSPS) is 20.9. The summed E-state index contributed by atoms with van der Waals surface area (Å²) >= 11 is 1.34. The number of nitrogens with zero attached hydrogens (tertiary/aromatic N) is 4. The molecule has 18 heavy (non-hydrogen) atoms. The molecule has 1 aromatic rings. The fourth-order valence-electron chi connectivity index (χ4n) is 2.41. The van der Waals surface area contributed by atoms with Crippen LogP contribution in [0.3, 0.4) is 0 Å². The van der Waals surface area contributed by atoms with Crippen LogP contribution >= 0.6 is 11.5 Å². The maximum atomic E-state index is 9.10. The Hall–Kier alpha value is -1.32. The first-order valence-electron chi connectivity index (χ1n) is 6.40. The first kappa shape index (κ1) is 11.8. The third-order valence-electron chi connectivity index (χ3n) is 3.69. The van der Waals surface area contributed by atoms with Crippen molar-refractivity contribution in [2.24, 2.45) is 5.92 Å². The molecule has 3 rings (SSSR count). The van der Waals surface area contributed by atoms with E-state index in [0.29, 0.717) is 11.4 Å². The van der Waals surface area contributed by atoms with Gasteiger partial charge in [-0.05, 0) is 30.3 Å². The molecule has 6 heteroatoms. The summed E-state index contributed by atoms with van der Waals surface area (Å²) in [5, 5.41) is 10.0. The van der Waals surface area contributed by atoms with Gasteiger partial charge in [0.05, 0.1) is 0 Å². The van der Waals surface area contributed by atoms with Gasteiger partial charge in [0.1, 0.15) is 16.6 Å². The maximum absolute atomic E-state index is 9.10. The average Bonchev–Trinajstić information content (AvgIpc) is 3.12. The number of anilines is 2. The van der Waals surface area contributed by atoms with E-state index in [9.17, 15) is 0 Å². The van der Waals surface area contributed by atoms with Crippen molar-refractivity contribution in [1.82, 2.24) is 9.27 Å². The van der Waals surface area contributed by atoms with Gasteiger partial charge in [0.25, 0.3) is 0 Å². The van der Waals surface area contributed by atoms with E-state index in [2.05, 4.69) is 20.2 Å². The van der Waals surface area contributed by atoms with Crippen LogP contribution < -0.4 is 10.6 Å². The molecule has 1 aliphatic heterocycles. The molecule has 2 fully saturated rings. The molecular formula is C12H17N5S. The molecule has 1 aliphatic carbocycles. The van der Waals surface area contributed by atoms with Crippen LogP contribution in [0.4, 0.5) is 10.8 Å². The van der Waals surface area contributed by atoms with Gasteiger partial charge in [-0.2, -0.15) is 9.64 Å². The molecule has 2 N–H and O–H groups in total. The molecule has 0 bridgehead atoms. The molecule has 1 saturated heterocycles. The summed E-state index contributed by atoms with van der Waals surface area (Å²) in [6.45, 7) is 5.37. The van der Waals surface area contributed by atoms with Gasteiger partial charge in [0, 0.05) is 32.7 Å². The summed E-state index contributed by atoms with van der Waals surface area (Å²) in [6, 6.07) is 2.16. The Morgan fingerprint density at radius 1 is 1.33 bits per heavy atom. The van der Waals surface area contributed by atoms with Gasteiger partial charge in [-0.3, -0.25) is 4.90 Å². The summed E-state index contributed by atoms with van der Waals surface area (Å²) in [7, 11) is 0. The molecule has 0 atom stereocenters. The molecule has 2 heterocycles. The van der Waals surface area contributed by atoms with Crippen LogP contribution in [0.25, 0.3) is 0 Å². The van der Waals surface area contributed by atoms with Gasteiger partial charge < -0.3 is 10.6 Å². The van der Waals surface area contributed by atoms with E-state index in [4.69, 9.17) is 11.0 Å². The lowest BCUT2D eigenvalue weighted by atomic mass is 10.2. The number of nitrogens with two attached hydrogens (primary N) is 1. The summed E-state index contributed by atoms with van der Waals surface area (Å²) < 4.78 is 4.08. The van der Waals surface area contributed by atoms with E-state index >= 15 is 0 Å². The summed E-state index contributed by atoms with van der Waals surface area (Å²) in [5.74, 6) is 1.32. The second-order valence-corrected chi connectivity index (χ2v) is 5.84. The second kappa shape index (κ2) is 4.75. The van der Waals surface area contributed by atoms with Crippen molar-refractivity contribution in [3.05, 3.63) is 5.56 Å². The van der Waals surface area contributed by atoms with E-state index in [1.54, 1.807) is 0 Å². The van der Waals surface area contributed by atoms with Gasteiger partial charge in [-0.1, -0.05) is 0 Å². The van der Waals surface area contributed by atoms with Crippen LogP contribution in [-0.2, 0) is 0 Å². The van der Waals surface area contributed by atoms with Crippen LogP contribution in [0.5, 0.6) is 0 Å². The van der Waals surface area contributed by atoms with E-state index < -0.39 is 0 Å². The zero-order valence-electron chi connectivity index (χ0n) is 10.3. The molecule has 1 aromatic heterocycles. The third kappa shape index (κ3) is 2.28. The lowest BCUT2D eigenvalue weighted by Gasteiger charge is -2.35. The Balaban J connectivity index is 1.63. The SMILES string of the molecule is N#Cc1c(N)nsc1N1CCN(CC2CC2)CC1. The minimum absolute atomic E-state index is 0.373. The number of nitriles is 1. The van der Waals surface area contributed by atoms with Crippen LogP contribution in [0.15, 0.2) is 0 Å². The van der Waals surface area contributed by atoms with Crippen molar-refractivity contribution in [2.75, 3.05) is 43.4 Å². The fourth-order valence-corrected chi connectivity index (χ4v) is 3.23. The van der Waals surface area contributed by atoms with Gasteiger partial charge in [0.15, 0.2) is 5.82 Å². The van der Waals surface area contributed by atoms with Crippen molar-refractivity contribution in [3.8, 4) is 6.07 Å². The Kier molecular flexibility index (Phi) is 3.10. The molecular weight excluding hydrogens is 246 g/mol. The largest absolute Gasteiger partial charge is 0.382 e. The molecule has 1 saturated carbocycles. The van der Waals surface area contributed by atoms with Crippen LogP contribution in [0.1, 0.15) is 18.4 Å². The fraction of sp³-hybridized carbons (Fsp3) is 0.667. The van der Waals surface area contributed by atoms with Gasteiger partial charge >= 0.3 is 0 Å². The molecule has 0 radical (unpaired) electrons. The van der Waals surface area contributed by atoms with Crippen molar-refractivity contribution in [1.29, 1.82) is 5.26 Å². The van der Waals surface area contributed by atoms with Gasteiger partial charge in [0.2, 0.25) is 0 Å². The summed E-state index contributed by atoms with van der Waals surface area (Å²) in [5.41, 5.74) is 6.25. The lowest BCUT2D eigenvalue weighted by Crippen LogP contribution is -2.46. The van der Waals surface area contributed by atoms with E-state index in [0.717, 1.165) is 37.1 Å². The lowest BCUT2D eigenvalue weighted by molar-refractivity contribution is 0.248. The van der Waals surface area contributed by atoms with E-state index in [-0.39, 0.29) is 0 Å². The predicted molar refractivity (Wildman–Crippen MR) is 72.6 cm³/mol. The van der Waals surface area contributed by atoms with E-state index in [1.807, 2.05) is 0 Å².